The summed E-state index contributed by atoms with van der Waals surface area (Å²) in [6, 6.07) is 20.4. The molecule has 0 saturated heterocycles. The second kappa shape index (κ2) is 7.35. The number of phenolic OH excluding ortho intramolecular Hbond substituents is 2. The van der Waals surface area contributed by atoms with Gasteiger partial charge in [-0.05, 0) is 84.0 Å². The normalized spacial score (nSPS) is 20.9. The first-order chi connectivity index (χ1) is 13.5. The van der Waals surface area contributed by atoms with Gasteiger partial charge in [0.05, 0.1) is 0 Å². The number of benzene rings is 3. The number of phenols is 2. The van der Waals surface area contributed by atoms with Crippen LogP contribution in [0.25, 0.3) is 0 Å². The first kappa shape index (κ1) is 18.6. The highest BCUT2D eigenvalue weighted by Crippen LogP contribution is 2.54. The summed E-state index contributed by atoms with van der Waals surface area (Å²) in [4.78, 5) is 0. The molecule has 2 N–H and O–H groups in total. The molecule has 28 heavy (non-hydrogen) atoms. The van der Waals surface area contributed by atoms with Crippen molar-refractivity contribution >= 4 is 0 Å². The van der Waals surface area contributed by atoms with E-state index in [1.165, 1.54) is 22.3 Å². The van der Waals surface area contributed by atoms with E-state index in [0.29, 0.717) is 23.3 Å². The summed E-state index contributed by atoms with van der Waals surface area (Å²) >= 11 is 0. The van der Waals surface area contributed by atoms with Crippen LogP contribution < -0.4 is 0 Å². The smallest absolute Gasteiger partial charge is 0.121 e. The first-order valence-electron chi connectivity index (χ1n) is 10.1. The first-order valence-corrected chi connectivity index (χ1v) is 10.1. The van der Waals surface area contributed by atoms with Gasteiger partial charge in [0, 0.05) is 5.92 Å². The Bertz CT molecular complexity index is 974. The maximum Gasteiger partial charge on any atom is 0.121 e. The lowest BCUT2D eigenvalue weighted by Crippen LogP contribution is -2.11. The van der Waals surface area contributed by atoms with E-state index in [2.05, 4.69) is 43.3 Å². The Balaban J connectivity index is 1.76. The van der Waals surface area contributed by atoms with Crippen LogP contribution >= 0.6 is 0 Å². The van der Waals surface area contributed by atoms with Gasteiger partial charge >= 0.3 is 0 Å². The van der Waals surface area contributed by atoms with Gasteiger partial charge in [0.1, 0.15) is 11.5 Å². The summed E-state index contributed by atoms with van der Waals surface area (Å²) in [5.41, 5.74) is 7.20. The minimum atomic E-state index is 0.239. The SMILES string of the molecule is Cc1cc2c(c(C)c1O)[C@H](c1ccc(O)cc1)[C@@H](C)[C@H]2CCc1ccccc1. The molecule has 4 rings (SSSR count). The fourth-order valence-electron chi connectivity index (χ4n) is 5.05. The third kappa shape index (κ3) is 3.17. The maximum atomic E-state index is 10.6. The molecule has 3 aromatic rings. The molecule has 1 aliphatic rings. The molecular formula is C26H28O2. The molecule has 0 aromatic heterocycles. The van der Waals surface area contributed by atoms with Gasteiger partial charge in [0.15, 0.2) is 0 Å². The zero-order valence-electron chi connectivity index (χ0n) is 16.8. The average molecular weight is 373 g/mol. The van der Waals surface area contributed by atoms with Crippen LogP contribution in [0.1, 0.15) is 58.6 Å². The van der Waals surface area contributed by atoms with Crippen LogP contribution in [0.3, 0.4) is 0 Å². The lowest BCUT2D eigenvalue weighted by Gasteiger charge is -2.22. The molecule has 3 aromatic carbocycles. The molecule has 0 fully saturated rings. The van der Waals surface area contributed by atoms with Crippen LogP contribution in [0.4, 0.5) is 0 Å². The van der Waals surface area contributed by atoms with Crippen LogP contribution in [-0.4, -0.2) is 10.2 Å². The Kier molecular flexibility index (Phi) is 4.89. The highest BCUT2D eigenvalue weighted by atomic mass is 16.3. The van der Waals surface area contributed by atoms with Crippen molar-refractivity contribution in [2.45, 2.75) is 45.4 Å². The molecule has 0 radical (unpaired) electrons. The van der Waals surface area contributed by atoms with Crippen LogP contribution in [0.5, 0.6) is 11.5 Å². The van der Waals surface area contributed by atoms with Gasteiger partial charge in [-0.25, -0.2) is 0 Å². The number of hydrogen-bond donors (Lipinski definition) is 2. The van der Waals surface area contributed by atoms with Crippen molar-refractivity contribution in [1.29, 1.82) is 0 Å². The summed E-state index contributed by atoms with van der Waals surface area (Å²) in [5, 5.41) is 20.3. The molecule has 2 heteroatoms. The van der Waals surface area contributed by atoms with Crippen molar-refractivity contribution in [3.63, 3.8) is 0 Å². The lowest BCUT2D eigenvalue weighted by molar-refractivity contribution is 0.433. The third-order valence-electron chi connectivity index (χ3n) is 6.53. The monoisotopic (exact) mass is 372 g/mol. The highest BCUT2D eigenvalue weighted by molar-refractivity contribution is 5.57. The van der Waals surface area contributed by atoms with Crippen molar-refractivity contribution in [2.24, 2.45) is 5.92 Å². The van der Waals surface area contributed by atoms with Crippen molar-refractivity contribution in [2.75, 3.05) is 0 Å². The summed E-state index contributed by atoms with van der Waals surface area (Å²) in [6.07, 6.45) is 2.15. The predicted molar refractivity (Wildman–Crippen MR) is 114 cm³/mol. The van der Waals surface area contributed by atoms with Gasteiger partial charge in [0.25, 0.3) is 0 Å². The molecule has 2 nitrogen and oxygen atoms in total. The van der Waals surface area contributed by atoms with Crippen molar-refractivity contribution in [3.8, 4) is 11.5 Å². The fourth-order valence-corrected chi connectivity index (χ4v) is 5.05. The highest BCUT2D eigenvalue weighted by Gasteiger charge is 2.40. The van der Waals surface area contributed by atoms with E-state index in [-0.39, 0.29) is 5.92 Å². The summed E-state index contributed by atoms with van der Waals surface area (Å²) in [5.74, 6) is 1.83. The number of rotatable bonds is 4. The zero-order chi connectivity index (χ0) is 19.8. The third-order valence-corrected chi connectivity index (χ3v) is 6.53. The van der Waals surface area contributed by atoms with E-state index in [1.807, 2.05) is 26.0 Å². The predicted octanol–water partition coefficient (Wildman–Crippen LogP) is 6.21. The van der Waals surface area contributed by atoms with E-state index in [1.54, 1.807) is 12.1 Å². The summed E-state index contributed by atoms with van der Waals surface area (Å²) < 4.78 is 0. The Labute approximate surface area is 167 Å². The van der Waals surface area contributed by atoms with E-state index in [9.17, 15) is 10.2 Å². The number of aryl methyl sites for hydroxylation is 2. The molecule has 1 aliphatic carbocycles. The molecule has 0 unspecified atom stereocenters. The summed E-state index contributed by atoms with van der Waals surface area (Å²) in [6.45, 7) is 6.37. The van der Waals surface area contributed by atoms with Gasteiger partial charge < -0.3 is 10.2 Å². The molecule has 144 valence electrons. The van der Waals surface area contributed by atoms with Gasteiger partial charge in [-0.15, -0.1) is 0 Å². The fraction of sp³-hybridized carbons (Fsp3) is 0.308. The molecule has 0 heterocycles. The Morgan fingerprint density at radius 2 is 1.57 bits per heavy atom. The number of aromatic hydroxyl groups is 2. The quantitative estimate of drug-likeness (QED) is 0.571. The summed E-state index contributed by atoms with van der Waals surface area (Å²) in [7, 11) is 0. The van der Waals surface area contributed by atoms with E-state index in [4.69, 9.17) is 0 Å². The number of hydrogen-bond acceptors (Lipinski definition) is 2. The van der Waals surface area contributed by atoms with Gasteiger partial charge in [-0.2, -0.15) is 0 Å². The second-order valence-corrected chi connectivity index (χ2v) is 8.23. The van der Waals surface area contributed by atoms with E-state index in [0.717, 1.165) is 24.0 Å². The largest absolute Gasteiger partial charge is 0.508 e. The average Bonchev–Trinajstić information content (AvgIpc) is 2.97. The topological polar surface area (TPSA) is 40.5 Å². The van der Waals surface area contributed by atoms with Crippen LogP contribution in [0.15, 0.2) is 60.7 Å². The van der Waals surface area contributed by atoms with Gasteiger partial charge in [-0.3, -0.25) is 0 Å². The minimum absolute atomic E-state index is 0.239. The van der Waals surface area contributed by atoms with Crippen LogP contribution in [0, 0.1) is 19.8 Å². The van der Waals surface area contributed by atoms with E-state index < -0.39 is 0 Å². The standard InChI is InChI=1S/C26H28O2/c1-16-15-23-22(14-9-19-7-5-4-6-8-19)17(2)24(25(23)18(3)26(16)28)20-10-12-21(27)13-11-20/h4-8,10-13,15,17,22,24,27-28H,9,14H2,1-3H3/t17-,22+,24-/m0/s1. The molecule has 0 aliphatic heterocycles. The van der Waals surface area contributed by atoms with E-state index >= 15 is 0 Å². The Hall–Kier alpha value is -2.74. The van der Waals surface area contributed by atoms with Crippen molar-refractivity contribution in [3.05, 3.63) is 94.0 Å². The number of fused-ring (bicyclic) bond motifs is 1. The zero-order valence-corrected chi connectivity index (χ0v) is 16.8. The Morgan fingerprint density at radius 1 is 0.893 bits per heavy atom. The minimum Gasteiger partial charge on any atom is -0.508 e. The molecule has 0 amide bonds. The van der Waals surface area contributed by atoms with Crippen LogP contribution in [0.2, 0.25) is 0 Å². The van der Waals surface area contributed by atoms with Gasteiger partial charge in [-0.1, -0.05) is 55.5 Å². The maximum absolute atomic E-state index is 10.6. The lowest BCUT2D eigenvalue weighted by atomic mass is 9.81. The Morgan fingerprint density at radius 3 is 2.25 bits per heavy atom. The van der Waals surface area contributed by atoms with Crippen molar-refractivity contribution in [1.82, 2.24) is 0 Å². The van der Waals surface area contributed by atoms with Gasteiger partial charge in [0.2, 0.25) is 0 Å². The molecule has 0 bridgehead atoms. The molecule has 0 saturated carbocycles. The second-order valence-electron chi connectivity index (χ2n) is 8.23. The molecule has 0 spiro atoms. The van der Waals surface area contributed by atoms with Crippen LogP contribution in [-0.2, 0) is 6.42 Å². The van der Waals surface area contributed by atoms with Crippen molar-refractivity contribution < 1.29 is 10.2 Å². The molecule has 3 atom stereocenters. The molecular weight excluding hydrogens is 344 g/mol.